The van der Waals surface area contributed by atoms with E-state index in [1.807, 2.05) is 0 Å². The Kier molecular flexibility index (Phi) is 2.81. The molecular formula is C6H3Cl2F2N3. The number of halogens is 4. The van der Waals surface area contributed by atoms with E-state index in [2.05, 4.69) is 10.0 Å². The van der Waals surface area contributed by atoms with Crippen molar-refractivity contribution in [3.05, 3.63) is 33.5 Å². The highest BCUT2D eigenvalue weighted by molar-refractivity contribution is 6.34. The summed E-state index contributed by atoms with van der Waals surface area (Å²) in [6.07, 6.45) is 0.0231. The second-order valence-electron chi connectivity index (χ2n) is 2.29. The minimum atomic E-state index is -2.37. The van der Waals surface area contributed by atoms with Crippen LogP contribution >= 0.6 is 23.2 Å². The van der Waals surface area contributed by atoms with Crippen LogP contribution in [0.5, 0.6) is 0 Å². The Bertz CT molecular complexity index is 335. The lowest BCUT2D eigenvalue weighted by Gasteiger charge is -2.24. The highest BCUT2D eigenvalue weighted by Gasteiger charge is 2.43. The fraction of sp³-hybridized carbons (Fsp3) is 0.333. The number of rotatable bonds is 1. The molecule has 0 fully saturated rings. The molecule has 0 aromatic carbocycles. The van der Waals surface area contributed by atoms with Crippen LogP contribution in [-0.2, 0) is 0 Å². The van der Waals surface area contributed by atoms with Gasteiger partial charge in [0.2, 0.25) is 5.00 Å². The van der Waals surface area contributed by atoms with Crippen molar-refractivity contribution in [3.63, 3.8) is 0 Å². The van der Waals surface area contributed by atoms with E-state index in [-0.39, 0.29) is 5.03 Å². The summed E-state index contributed by atoms with van der Waals surface area (Å²) in [6, 6.07) is 0. The molecule has 7 heteroatoms. The Morgan fingerprint density at radius 1 is 1.69 bits per heavy atom. The molecule has 1 aliphatic rings. The van der Waals surface area contributed by atoms with Gasteiger partial charge in [-0.25, -0.2) is 8.78 Å². The molecule has 0 aromatic heterocycles. The van der Waals surface area contributed by atoms with Gasteiger partial charge in [-0.3, -0.25) is 0 Å². The summed E-state index contributed by atoms with van der Waals surface area (Å²) in [5.41, 5.74) is 8.06. The molecule has 0 radical (unpaired) electrons. The Labute approximate surface area is 82.3 Å². The van der Waals surface area contributed by atoms with Gasteiger partial charge in [0.25, 0.3) is 0 Å². The number of allylic oxidation sites excluding steroid dienone is 2. The largest absolute Gasteiger partial charge is 0.240 e. The van der Waals surface area contributed by atoms with E-state index >= 15 is 0 Å². The third kappa shape index (κ3) is 1.63. The van der Waals surface area contributed by atoms with Crippen molar-refractivity contribution in [2.45, 2.75) is 11.2 Å². The lowest BCUT2D eigenvalue weighted by molar-refractivity contribution is 0.301. The molecule has 70 valence electrons. The summed E-state index contributed by atoms with van der Waals surface area (Å²) < 4.78 is 26.1. The van der Waals surface area contributed by atoms with E-state index in [9.17, 15) is 8.78 Å². The SMILES string of the molecule is [N-]=[N+]=N[C@@]1(Cl)C(F)=C(Cl)C=C[C@@H]1F. The first-order valence-corrected chi connectivity index (χ1v) is 3.91. The van der Waals surface area contributed by atoms with E-state index in [0.717, 1.165) is 12.2 Å². The molecular weight excluding hydrogens is 223 g/mol. The van der Waals surface area contributed by atoms with Gasteiger partial charge in [-0.2, -0.15) is 0 Å². The van der Waals surface area contributed by atoms with Crippen molar-refractivity contribution in [1.82, 2.24) is 0 Å². The molecule has 2 atom stereocenters. The Morgan fingerprint density at radius 3 is 2.85 bits per heavy atom. The molecule has 0 unspecified atom stereocenters. The Balaban J connectivity index is 3.23. The van der Waals surface area contributed by atoms with Crippen LogP contribution in [-0.4, -0.2) is 11.2 Å². The van der Waals surface area contributed by atoms with E-state index in [0.29, 0.717) is 0 Å². The normalized spacial score (nSPS) is 33.1. The number of hydrogen-bond acceptors (Lipinski definition) is 1. The van der Waals surface area contributed by atoms with Gasteiger partial charge in [-0.1, -0.05) is 16.7 Å². The zero-order valence-corrected chi connectivity index (χ0v) is 7.60. The van der Waals surface area contributed by atoms with Crippen molar-refractivity contribution in [1.29, 1.82) is 0 Å². The number of alkyl halides is 2. The van der Waals surface area contributed by atoms with E-state index < -0.39 is 17.0 Å². The fourth-order valence-corrected chi connectivity index (χ4v) is 1.30. The molecule has 0 aromatic rings. The van der Waals surface area contributed by atoms with Gasteiger partial charge in [-0.15, -0.1) is 11.6 Å². The summed E-state index contributed by atoms with van der Waals surface area (Å²) in [7, 11) is 0. The maximum absolute atomic E-state index is 13.1. The van der Waals surface area contributed by atoms with Gasteiger partial charge in [0.05, 0.1) is 5.03 Å². The summed E-state index contributed by atoms with van der Waals surface area (Å²) in [6.45, 7) is 0. The van der Waals surface area contributed by atoms with Crippen molar-refractivity contribution >= 4 is 23.2 Å². The minimum absolute atomic E-state index is 0.365. The Hall–Kier alpha value is -0.770. The van der Waals surface area contributed by atoms with Crippen molar-refractivity contribution in [2.75, 3.05) is 0 Å². The number of nitrogens with zero attached hydrogens (tertiary/aromatic N) is 3. The first-order chi connectivity index (χ1) is 6.02. The molecule has 0 saturated heterocycles. The second kappa shape index (κ2) is 3.54. The predicted molar refractivity (Wildman–Crippen MR) is 45.8 cm³/mol. The van der Waals surface area contributed by atoms with Gasteiger partial charge in [-0.05, 0) is 17.7 Å². The van der Waals surface area contributed by atoms with Crippen LogP contribution in [0.4, 0.5) is 8.78 Å². The predicted octanol–water partition coefficient (Wildman–Crippen LogP) is 3.56. The van der Waals surface area contributed by atoms with Crippen molar-refractivity contribution < 1.29 is 8.78 Å². The van der Waals surface area contributed by atoms with Crippen LogP contribution < -0.4 is 0 Å². The maximum atomic E-state index is 13.1. The molecule has 0 spiro atoms. The lowest BCUT2D eigenvalue weighted by atomic mass is 10.1. The van der Waals surface area contributed by atoms with Gasteiger partial charge in [0.1, 0.15) is 5.83 Å². The van der Waals surface area contributed by atoms with Gasteiger partial charge >= 0.3 is 0 Å². The zero-order chi connectivity index (χ0) is 10.1. The summed E-state index contributed by atoms with van der Waals surface area (Å²) in [4.78, 5) is -0.122. The second-order valence-corrected chi connectivity index (χ2v) is 3.27. The Morgan fingerprint density at radius 2 is 2.31 bits per heavy atom. The number of azide groups is 1. The minimum Gasteiger partial charge on any atom is -0.240 e. The highest BCUT2D eigenvalue weighted by atomic mass is 35.5. The topological polar surface area (TPSA) is 48.8 Å². The quantitative estimate of drug-likeness (QED) is 0.216. The maximum Gasteiger partial charge on any atom is 0.210 e. The highest BCUT2D eigenvalue weighted by Crippen LogP contribution is 2.40. The monoisotopic (exact) mass is 225 g/mol. The molecule has 3 nitrogen and oxygen atoms in total. The van der Waals surface area contributed by atoms with Crippen LogP contribution in [0.1, 0.15) is 0 Å². The standard InChI is InChI=1S/C6H3Cl2F2N3/c7-3-1-2-4(9)6(8,5(3)10)12-13-11/h1-2,4H/t4-,6+/m0/s1. The van der Waals surface area contributed by atoms with Crippen LogP contribution in [0, 0.1) is 0 Å². The average molecular weight is 226 g/mol. The van der Waals surface area contributed by atoms with Crippen molar-refractivity contribution in [3.8, 4) is 0 Å². The van der Waals surface area contributed by atoms with Gasteiger partial charge < -0.3 is 0 Å². The third-order valence-electron chi connectivity index (χ3n) is 1.48. The fourth-order valence-electron chi connectivity index (χ4n) is 0.822. The van der Waals surface area contributed by atoms with E-state index in [4.69, 9.17) is 28.7 Å². The first-order valence-electron chi connectivity index (χ1n) is 3.15. The van der Waals surface area contributed by atoms with Crippen LogP contribution in [0.3, 0.4) is 0 Å². The molecule has 13 heavy (non-hydrogen) atoms. The molecule has 0 saturated carbocycles. The average Bonchev–Trinajstić information content (AvgIpc) is 2.10. The third-order valence-corrected chi connectivity index (χ3v) is 2.23. The summed E-state index contributed by atoms with van der Waals surface area (Å²) >= 11 is 10.7. The molecule has 0 heterocycles. The number of hydrogen-bond donors (Lipinski definition) is 0. The van der Waals surface area contributed by atoms with Crippen LogP contribution in [0.25, 0.3) is 10.4 Å². The van der Waals surface area contributed by atoms with Gasteiger partial charge in [0.15, 0.2) is 6.17 Å². The zero-order valence-electron chi connectivity index (χ0n) is 6.09. The molecule has 1 aliphatic carbocycles. The smallest absolute Gasteiger partial charge is 0.210 e. The molecule has 0 amide bonds. The molecule has 1 rings (SSSR count). The lowest BCUT2D eigenvalue weighted by Crippen LogP contribution is -2.33. The van der Waals surface area contributed by atoms with Crippen LogP contribution in [0.2, 0.25) is 0 Å². The van der Waals surface area contributed by atoms with Crippen molar-refractivity contribution in [2.24, 2.45) is 5.11 Å². The first kappa shape index (κ1) is 10.3. The summed E-state index contributed by atoms with van der Waals surface area (Å²) in [5, 5.41) is 2.47. The van der Waals surface area contributed by atoms with E-state index in [1.165, 1.54) is 0 Å². The molecule has 0 bridgehead atoms. The summed E-state index contributed by atoms with van der Waals surface area (Å²) in [5.74, 6) is -1.18. The van der Waals surface area contributed by atoms with Gasteiger partial charge in [0, 0.05) is 4.91 Å². The molecule has 0 aliphatic heterocycles. The van der Waals surface area contributed by atoms with E-state index in [1.54, 1.807) is 0 Å². The van der Waals surface area contributed by atoms with Crippen LogP contribution in [0.15, 0.2) is 28.1 Å². The molecule has 0 N–H and O–H groups in total.